The van der Waals surface area contributed by atoms with E-state index in [2.05, 4.69) is 20.3 Å². The second-order valence-electron chi connectivity index (χ2n) is 3.37. The second-order valence-corrected chi connectivity index (χ2v) is 4.35. The van der Waals surface area contributed by atoms with Crippen LogP contribution in [0.25, 0.3) is 0 Å². The Morgan fingerprint density at radius 3 is 2.84 bits per heavy atom. The smallest absolute Gasteiger partial charge is 0.301 e. The zero-order chi connectivity index (χ0) is 13.8. The van der Waals surface area contributed by atoms with Crippen molar-refractivity contribution in [3.8, 4) is 0 Å². The van der Waals surface area contributed by atoms with Crippen molar-refractivity contribution in [2.24, 2.45) is 0 Å². The number of rotatable bonds is 4. The Kier molecular flexibility index (Phi) is 3.76. The van der Waals surface area contributed by atoms with Crippen molar-refractivity contribution in [1.82, 2.24) is 15.0 Å². The molecular weight excluding hydrogens is 270 g/mol. The fraction of sp³-hybridized carbons (Fsp3) is 0.100. The Balaban J connectivity index is 2.42. The van der Waals surface area contributed by atoms with Crippen LogP contribution in [-0.4, -0.2) is 26.9 Å². The first-order valence-electron chi connectivity index (χ1n) is 5.16. The Morgan fingerprint density at radius 2 is 2.21 bits per heavy atom. The average Bonchev–Trinajstić information content (AvgIpc) is 2.38. The van der Waals surface area contributed by atoms with Crippen LogP contribution in [0.1, 0.15) is 0 Å². The van der Waals surface area contributed by atoms with Gasteiger partial charge in [-0.05, 0) is 17.8 Å². The molecule has 0 aromatic carbocycles. The standard InChI is InChI=1S/C10H9N5O3S/c1-11-7-3-2-6(15(17)18)9(13-7)19-10-12-5-4-8(16)14-10/h2-5H,1H3,(H,11,13)(H,12,14,16). The van der Waals surface area contributed by atoms with E-state index in [0.29, 0.717) is 5.82 Å². The monoisotopic (exact) mass is 279 g/mol. The molecule has 2 rings (SSSR count). The molecular formula is C10H9N5O3S. The van der Waals surface area contributed by atoms with E-state index in [1.54, 1.807) is 7.05 Å². The number of hydrogen-bond donors (Lipinski definition) is 2. The van der Waals surface area contributed by atoms with E-state index in [4.69, 9.17) is 0 Å². The van der Waals surface area contributed by atoms with Crippen LogP contribution in [0.4, 0.5) is 11.5 Å². The molecule has 8 nitrogen and oxygen atoms in total. The fourth-order valence-corrected chi connectivity index (χ4v) is 2.12. The maximum absolute atomic E-state index is 11.1. The van der Waals surface area contributed by atoms with Crippen molar-refractivity contribution < 1.29 is 4.92 Å². The highest BCUT2D eigenvalue weighted by molar-refractivity contribution is 7.99. The molecule has 0 saturated heterocycles. The molecule has 0 radical (unpaired) electrons. The molecule has 0 unspecified atom stereocenters. The third-order valence-electron chi connectivity index (χ3n) is 2.13. The van der Waals surface area contributed by atoms with Gasteiger partial charge in [0.05, 0.1) is 4.92 Å². The molecule has 2 aromatic heterocycles. The lowest BCUT2D eigenvalue weighted by atomic mass is 10.4. The summed E-state index contributed by atoms with van der Waals surface area (Å²) in [5, 5.41) is 14.1. The molecule has 0 fully saturated rings. The molecule has 2 N–H and O–H groups in total. The minimum Gasteiger partial charge on any atom is -0.373 e. The lowest BCUT2D eigenvalue weighted by Gasteiger charge is -2.04. The molecule has 0 aliphatic heterocycles. The Hall–Kier alpha value is -2.42. The van der Waals surface area contributed by atoms with Crippen LogP contribution in [0.3, 0.4) is 0 Å². The van der Waals surface area contributed by atoms with E-state index in [1.165, 1.54) is 24.4 Å². The first kappa shape index (κ1) is 13.0. The predicted molar refractivity (Wildman–Crippen MR) is 69.4 cm³/mol. The van der Waals surface area contributed by atoms with Gasteiger partial charge in [-0.25, -0.2) is 9.97 Å². The molecule has 2 aromatic rings. The zero-order valence-corrected chi connectivity index (χ0v) is 10.6. The van der Waals surface area contributed by atoms with Crippen molar-refractivity contribution in [3.05, 3.63) is 44.9 Å². The van der Waals surface area contributed by atoms with Crippen LogP contribution >= 0.6 is 11.8 Å². The first-order chi connectivity index (χ1) is 9.10. The molecule has 98 valence electrons. The largest absolute Gasteiger partial charge is 0.373 e. The molecule has 19 heavy (non-hydrogen) atoms. The average molecular weight is 279 g/mol. The molecule has 2 heterocycles. The number of nitro groups is 1. The van der Waals surface area contributed by atoms with E-state index in [9.17, 15) is 14.9 Å². The summed E-state index contributed by atoms with van der Waals surface area (Å²) < 4.78 is 0. The fourth-order valence-electron chi connectivity index (χ4n) is 1.28. The Bertz CT molecular complexity index is 672. The number of nitrogens with one attached hydrogen (secondary N) is 2. The van der Waals surface area contributed by atoms with E-state index in [1.807, 2.05) is 0 Å². The van der Waals surface area contributed by atoms with Gasteiger partial charge in [0.2, 0.25) is 0 Å². The molecule has 0 amide bonds. The van der Waals surface area contributed by atoms with Crippen LogP contribution in [-0.2, 0) is 0 Å². The van der Waals surface area contributed by atoms with Crippen LogP contribution in [0.15, 0.2) is 39.4 Å². The summed E-state index contributed by atoms with van der Waals surface area (Å²) in [6.07, 6.45) is 1.33. The number of aromatic amines is 1. The van der Waals surface area contributed by atoms with E-state index >= 15 is 0 Å². The number of aromatic nitrogens is 3. The molecule has 9 heteroatoms. The SMILES string of the molecule is CNc1ccc([N+](=O)[O-])c(Sc2nccc(=O)[nH]2)n1. The number of H-pyrrole nitrogens is 1. The Morgan fingerprint density at radius 1 is 1.42 bits per heavy atom. The van der Waals surface area contributed by atoms with Gasteiger partial charge in [0.15, 0.2) is 10.2 Å². The van der Waals surface area contributed by atoms with E-state index < -0.39 is 4.92 Å². The van der Waals surface area contributed by atoms with Gasteiger partial charge in [-0.2, -0.15) is 0 Å². The van der Waals surface area contributed by atoms with Crippen molar-refractivity contribution in [2.75, 3.05) is 12.4 Å². The summed E-state index contributed by atoms with van der Waals surface area (Å²) in [4.78, 5) is 32.0. The zero-order valence-electron chi connectivity index (χ0n) is 9.78. The molecule has 0 atom stereocenters. The number of hydrogen-bond acceptors (Lipinski definition) is 7. The predicted octanol–water partition coefficient (Wildman–Crippen LogP) is 1.27. The summed E-state index contributed by atoms with van der Waals surface area (Å²) in [6, 6.07) is 4.11. The van der Waals surface area contributed by atoms with Gasteiger partial charge in [0.25, 0.3) is 5.56 Å². The molecule has 0 saturated carbocycles. The van der Waals surface area contributed by atoms with Crippen LogP contribution in [0.5, 0.6) is 0 Å². The molecule has 0 aliphatic rings. The van der Waals surface area contributed by atoms with Crippen LogP contribution < -0.4 is 10.9 Å². The molecule has 0 spiro atoms. The number of pyridine rings is 1. The highest BCUT2D eigenvalue weighted by Gasteiger charge is 2.18. The number of anilines is 1. The van der Waals surface area contributed by atoms with Crippen molar-refractivity contribution in [2.45, 2.75) is 10.2 Å². The Labute approximate surface area is 111 Å². The highest BCUT2D eigenvalue weighted by Crippen LogP contribution is 2.31. The third-order valence-corrected chi connectivity index (χ3v) is 3.03. The lowest BCUT2D eigenvalue weighted by molar-refractivity contribution is -0.388. The van der Waals surface area contributed by atoms with Gasteiger partial charge in [-0.3, -0.25) is 14.9 Å². The van der Waals surface area contributed by atoms with E-state index in [0.717, 1.165) is 11.8 Å². The van der Waals surface area contributed by atoms with Gasteiger partial charge < -0.3 is 10.3 Å². The van der Waals surface area contributed by atoms with Gasteiger partial charge in [0, 0.05) is 25.4 Å². The van der Waals surface area contributed by atoms with Crippen molar-refractivity contribution in [1.29, 1.82) is 0 Å². The van der Waals surface area contributed by atoms with Crippen LogP contribution in [0, 0.1) is 10.1 Å². The van der Waals surface area contributed by atoms with Crippen molar-refractivity contribution in [3.63, 3.8) is 0 Å². The normalized spacial score (nSPS) is 10.2. The summed E-state index contributed by atoms with van der Waals surface area (Å²) in [5.41, 5.74) is -0.472. The van der Waals surface area contributed by atoms with Crippen molar-refractivity contribution >= 4 is 23.3 Å². The van der Waals surface area contributed by atoms with Gasteiger partial charge in [-0.1, -0.05) is 0 Å². The quantitative estimate of drug-likeness (QED) is 0.492. The minimum absolute atomic E-state index is 0.143. The third kappa shape index (κ3) is 3.07. The van der Waals surface area contributed by atoms with Gasteiger partial charge in [-0.15, -0.1) is 0 Å². The molecule has 0 bridgehead atoms. The maximum atomic E-state index is 11.1. The summed E-state index contributed by atoms with van der Waals surface area (Å²) in [7, 11) is 1.66. The highest BCUT2D eigenvalue weighted by atomic mass is 32.2. The summed E-state index contributed by atoms with van der Waals surface area (Å²) in [5.74, 6) is 0.492. The molecule has 0 aliphatic carbocycles. The number of nitrogens with zero attached hydrogens (tertiary/aromatic N) is 3. The minimum atomic E-state index is -0.532. The van der Waals surface area contributed by atoms with E-state index in [-0.39, 0.29) is 21.4 Å². The van der Waals surface area contributed by atoms with Crippen LogP contribution in [0.2, 0.25) is 0 Å². The second kappa shape index (κ2) is 5.48. The van der Waals surface area contributed by atoms with Gasteiger partial charge >= 0.3 is 5.69 Å². The van der Waals surface area contributed by atoms with Gasteiger partial charge in [0.1, 0.15) is 5.82 Å². The lowest BCUT2D eigenvalue weighted by Crippen LogP contribution is -2.05. The maximum Gasteiger partial charge on any atom is 0.301 e. The summed E-state index contributed by atoms with van der Waals surface area (Å²) >= 11 is 0.927. The summed E-state index contributed by atoms with van der Waals surface area (Å²) in [6.45, 7) is 0. The topological polar surface area (TPSA) is 114 Å². The first-order valence-corrected chi connectivity index (χ1v) is 5.98.